The lowest BCUT2D eigenvalue weighted by Gasteiger charge is -2.11. The summed E-state index contributed by atoms with van der Waals surface area (Å²) in [7, 11) is 3.68. The number of thioether (sulfide) groups is 1. The number of nitrogens with zero attached hydrogens (tertiary/aromatic N) is 4. The molecular formula is C14H21IN6S. The first-order valence-electron chi connectivity index (χ1n) is 6.75. The van der Waals surface area contributed by atoms with Crippen LogP contribution in [0.2, 0.25) is 0 Å². The van der Waals surface area contributed by atoms with Crippen molar-refractivity contribution in [2.24, 2.45) is 12.0 Å². The van der Waals surface area contributed by atoms with Crippen molar-refractivity contribution < 1.29 is 0 Å². The van der Waals surface area contributed by atoms with E-state index in [0.717, 1.165) is 24.1 Å². The number of aryl methyl sites for hydroxylation is 1. The Morgan fingerprint density at radius 1 is 1.27 bits per heavy atom. The summed E-state index contributed by atoms with van der Waals surface area (Å²) in [6.45, 7) is 1.44. The number of aliphatic imine (C=N–C) groups is 1. The number of aromatic nitrogens is 3. The zero-order valence-corrected chi connectivity index (χ0v) is 15.8. The van der Waals surface area contributed by atoms with Crippen LogP contribution in [0.5, 0.6) is 0 Å². The third kappa shape index (κ3) is 6.22. The van der Waals surface area contributed by atoms with Gasteiger partial charge < -0.3 is 15.2 Å². The maximum absolute atomic E-state index is 4.19. The highest BCUT2D eigenvalue weighted by Gasteiger charge is 2.02. The van der Waals surface area contributed by atoms with Gasteiger partial charge in [-0.05, 0) is 12.1 Å². The molecule has 0 fully saturated rings. The lowest BCUT2D eigenvalue weighted by Crippen LogP contribution is -2.38. The number of rotatable bonds is 6. The van der Waals surface area contributed by atoms with Crippen LogP contribution in [0, 0.1) is 0 Å². The van der Waals surface area contributed by atoms with Crippen LogP contribution in [0.15, 0.2) is 46.5 Å². The molecule has 22 heavy (non-hydrogen) atoms. The molecule has 2 N–H and O–H groups in total. The first-order valence-corrected chi connectivity index (χ1v) is 7.73. The van der Waals surface area contributed by atoms with Crippen molar-refractivity contribution in [1.82, 2.24) is 25.4 Å². The van der Waals surface area contributed by atoms with Crippen LogP contribution in [0.1, 0.15) is 5.82 Å². The molecule has 2 aromatic rings. The molecule has 120 valence electrons. The third-order valence-electron chi connectivity index (χ3n) is 2.85. The van der Waals surface area contributed by atoms with E-state index in [0.29, 0.717) is 6.54 Å². The first kappa shape index (κ1) is 18.8. The number of hydrogen-bond donors (Lipinski definition) is 2. The monoisotopic (exact) mass is 432 g/mol. The molecule has 0 aliphatic carbocycles. The molecular weight excluding hydrogens is 411 g/mol. The Bertz CT molecular complexity index is 572. The average Bonchev–Trinajstić information content (AvgIpc) is 2.93. The van der Waals surface area contributed by atoms with E-state index in [2.05, 4.69) is 50.1 Å². The summed E-state index contributed by atoms with van der Waals surface area (Å²) in [4.78, 5) is 5.47. The molecule has 0 saturated carbocycles. The van der Waals surface area contributed by atoms with Crippen molar-refractivity contribution in [2.45, 2.75) is 11.4 Å². The average molecular weight is 432 g/mol. The number of hydrogen-bond acceptors (Lipinski definition) is 4. The zero-order valence-electron chi connectivity index (χ0n) is 12.7. The van der Waals surface area contributed by atoms with E-state index >= 15 is 0 Å². The van der Waals surface area contributed by atoms with Gasteiger partial charge in [-0.25, -0.2) is 0 Å². The van der Waals surface area contributed by atoms with Crippen molar-refractivity contribution in [3.05, 3.63) is 42.5 Å². The molecule has 0 bridgehead atoms. The van der Waals surface area contributed by atoms with Gasteiger partial charge in [0.25, 0.3) is 0 Å². The van der Waals surface area contributed by atoms with Crippen LogP contribution in [-0.4, -0.2) is 40.1 Å². The standard InChI is InChI=1S/C14H20N6S.HI/c1-15-14(17-10-13-19-18-11-20(13)2)16-8-9-21-12-6-4-3-5-7-12;/h3-7,11H,8-10H2,1-2H3,(H2,15,16,17);1H. The molecule has 0 amide bonds. The highest BCUT2D eigenvalue weighted by molar-refractivity contribution is 14.0. The second kappa shape index (κ2) is 10.4. The van der Waals surface area contributed by atoms with Crippen LogP contribution in [0.3, 0.4) is 0 Å². The van der Waals surface area contributed by atoms with Crippen molar-refractivity contribution in [2.75, 3.05) is 19.3 Å². The van der Waals surface area contributed by atoms with E-state index in [9.17, 15) is 0 Å². The number of guanidine groups is 1. The lowest BCUT2D eigenvalue weighted by molar-refractivity contribution is 0.731. The Balaban J connectivity index is 0.00000242. The van der Waals surface area contributed by atoms with Gasteiger partial charge in [0.1, 0.15) is 6.33 Å². The normalized spacial score (nSPS) is 10.9. The highest BCUT2D eigenvalue weighted by atomic mass is 127. The van der Waals surface area contributed by atoms with Crippen LogP contribution in [-0.2, 0) is 13.6 Å². The summed E-state index contributed by atoms with van der Waals surface area (Å²) >= 11 is 1.82. The van der Waals surface area contributed by atoms with Crippen LogP contribution >= 0.6 is 35.7 Å². The zero-order chi connectivity index (χ0) is 14.9. The van der Waals surface area contributed by atoms with Gasteiger partial charge in [-0.15, -0.1) is 45.9 Å². The van der Waals surface area contributed by atoms with Gasteiger partial charge in [-0.1, -0.05) is 18.2 Å². The topological polar surface area (TPSA) is 67.1 Å². The smallest absolute Gasteiger partial charge is 0.191 e. The molecule has 0 aliphatic rings. The summed E-state index contributed by atoms with van der Waals surface area (Å²) in [6.07, 6.45) is 1.68. The van der Waals surface area contributed by atoms with Gasteiger partial charge in [-0.2, -0.15) is 0 Å². The van der Waals surface area contributed by atoms with Crippen LogP contribution in [0.4, 0.5) is 0 Å². The summed E-state index contributed by atoms with van der Waals surface area (Å²) < 4.78 is 1.88. The van der Waals surface area contributed by atoms with Gasteiger partial charge >= 0.3 is 0 Å². The van der Waals surface area contributed by atoms with Crippen molar-refractivity contribution in [3.63, 3.8) is 0 Å². The highest BCUT2D eigenvalue weighted by Crippen LogP contribution is 2.15. The van der Waals surface area contributed by atoms with Gasteiger partial charge in [-0.3, -0.25) is 4.99 Å². The Labute approximate surface area is 152 Å². The Kier molecular flexibility index (Phi) is 8.90. The Morgan fingerprint density at radius 2 is 2.05 bits per heavy atom. The minimum Gasteiger partial charge on any atom is -0.356 e. The molecule has 0 atom stereocenters. The van der Waals surface area contributed by atoms with E-state index in [1.807, 2.05) is 29.4 Å². The fraction of sp³-hybridized carbons (Fsp3) is 0.357. The lowest BCUT2D eigenvalue weighted by atomic mass is 10.4. The molecule has 2 rings (SSSR count). The number of benzene rings is 1. The van der Waals surface area contributed by atoms with Gasteiger partial charge in [0.2, 0.25) is 0 Å². The summed E-state index contributed by atoms with van der Waals surface area (Å²) in [6, 6.07) is 10.4. The Morgan fingerprint density at radius 3 is 2.68 bits per heavy atom. The van der Waals surface area contributed by atoms with Crippen molar-refractivity contribution >= 4 is 41.7 Å². The maximum atomic E-state index is 4.19. The predicted molar refractivity (Wildman–Crippen MR) is 102 cm³/mol. The fourth-order valence-electron chi connectivity index (χ4n) is 1.71. The van der Waals surface area contributed by atoms with Crippen molar-refractivity contribution in [1.29, 1.82) is 0 Å². The first-order chi connectivity index (χ1) is 10.3. The van der Waals surface area contributed by atoms with Crippen LogP contribution in [0.25, 0.3) is 0 Å². The molecule has 1 aromatic carbocycles. The number of nitrogens with one attached hydrogen (secondary N) is 2. The summed E-state index contributed by atoms with van der Waals surface area (Å²) in [5.74, 6) is 2.62. The quantitative estimate of drug-likeness (QED) is 0.240. The van der Waals surface area contributed by atoms with Gasteiger partial charge in [0, 0.05) is 31.3 Å². The van der Waals surface area contributed by atoms with E-state index < -0.39 is 0 Å². The predicted octanol–water partition coefficient (Wildman–Crippen LogP) is 1.89. The minimum atomic E-state index is 0. The third-order valence-corrected chi connectivity index (χ3v) is 3.86. The second-order valence-corrected chi connectivity index (χ2v) is 5.54. The fourth-order valence-corrected chi connectivity index (χ4v) is 2.50. The van der Waals surface area contributed by atoms with Gasteiger partial charge in [0.05, 0.1) is 6.54 Å². The van der Waals surface area contributed by atoms with E-state index in [1.165, 1.54) is 4.90 Å². The second-order valence-electron chi connectivity index (χ2n) is 4.37. The molecule has 0 unspecified atom stereocenters. The maximum Gasteiger partial charge on any atom is 0.191 e. The number of halogens is 1. The summed E-state index contributed by atoms with van der Waals surface area (Å²) in [5, 5.41) is 14.4. The molecule has 0 saturated heterocycles. The minimum absolute atomic E-state index is 0. The molecule has 8 heteroatoms. The molecule has 1 heterocycles. The van der Waals surface area contributed by atoms with E-state index in [1.54, 1.807) is 13.4 Å². The largest absolute Gasteiger partial charge is 0.356 e. The Hall–Kier alpha value is -1.29. The van der Waals surface area contributed by atoms with Gasteiger partial charge in [0.15, 0.2) is 11.8 Å². The van der Waals surface area contributed by atoms with Crippen LogP contribution < -0.4 is 10.6 Å². The molecule has 1 aromatic heterocycles. The molecule has 0 aliphatic heterocycles. The summed E-state index contributed by atoms with van der Waals surface area (Å²) in [5.41, 5.74) is 0. The van der Waals surface area contributed by atoms with E-state index in [-0.39, 0.29) is 24.0 Å². The van der Waals surface area contributed by atoms with E-state index in [4.69, 9.17) is 0 Å². The molecule has 0 radical (unpaired) electrons. The SMILES string of the molecule is CN=C(NCCSc1ccccc1)NCc1nncn1C.I. The van der Waals surface area contributed by atoms with Crippen molar-refractivity contribution in [3.8, 4) is 0 Å². The molecule has 0 spiro atoms. The molecule has 6 nitrogen and oxygen atoms in total.